The van der Waals surface area contributed by atoms with Crippen LogP contribution in [0.3, 0.4) is 0 Å². The van der Waals surface area contributed by atoms with E-state index in [4.69, 9.17) is 9.47 Å². The Kier molecular flexibility index (Phi) is 5.96. The molecular formula is C15H25NO5. The quantitative estimate of drug-likeness (QED) is 0.427. The Morgan fingerprint density at radius 3 is 2.67 bits per heavy atom. The Morgan fingerprint density at radius 1 is 1.33 bits per heavy atom. The van der Waals surface area contributed by atoms with Crippen LogP contribution >= 0.6 is 0 Å². The molecule has 6 heteroatoms. The smallest absolute Gasteiger partial charge is 0.308 e. The monoisotopic (exact) mass is 299 g/mol. The molecule has 0 unspecified atom stereocenters. The number of hydrogen-bond donors (Lipinski definition) is 0. The van der Waals surface area contributed by atoms with Crippen molar-refractivity contribution in [3.8, 4) is 0 Å². The number of esters is 1. The summed E-state index contributed by atoms with van der Waals surface area (Å²) < 4.78 is 10.7. The number of nitro groups is 1. The molecule has 1 aliphatic heterocycles. The van der Waals surface area contributed by atoms with Gasteiger partial charge in [0, 0.05) is 4.92 Å². The maximum atomic E-state index is 11.6. The molecule has 2 fully saturated rings. The van der Waals surface area contributed by atoms with Gasteiger partial charge in [-0.05, 0) is 18.8 Å². The third kappa shape index (κ3) is 4.40. The SMILES string of the molecule is CCOC(=O)C[C@H]1OC[C@H](C2CCCCC2)[C@@H]1C[N+](=O)[O-]. The number of ether oxygens (including phenoxy) is 2. The summed E-state index contributed by atoms with van der Waals surface area (Å²) in [5, 5.41) is 11.0. The van der Waals surface area contributed by atoms with Crippen molar-refractivity contribution in [1.29, 1.82) is 0 Å². The molecule has 2 rings (SSSR count). The molecule has 120 valence electrons. The molecule has 1 aliphatic carbocycles. The number of nitrogens with zero attached hydrogens (tertiary/aromatic N) is 1. The molecule has 0 amide bonds. The predicted octanol–water partition coefficient (Wildman–Crippen LogP) is 2.43. The second-order valence-electron chi connectivity index (χ2n) is 6.12. The Hall–Kier alpha value is -1.17. The Labute approximate surface area is 125 Å². The van der Waals surface area contributed by atoms with Crippen molar-refractivity contribution in [3.05, 3.63) is 10.1 Å². The van der Waals surface area contributed by atoms with Crippen molar-refractivity contribution in [2.45, 2.75) is 51.6 Å². The lowest BCUT2D eigenvalue weighted by molar-refractivity contribution is -0.490. The Morgan fingerprint density at radius 2 is 2.05 bits per heavy atom. The highest BCUT2D eigenvalue weighted by Gasteiger charge is 2.45. The van der Waals surface area contributed by atoms with Crippen molar-refractivity contribution in [2.24, 2.45) is 17.8 Å². The summed E-state index contributed by atoms with van der Waals surface area (Å²) in [6.07, 6.45) is 5.71. The molecular weight excluding hydrogens is 274 g/mol. The number of rotatable bonds is 6. The van der Waals surface area contributed by atoms with Gasteiger partial charge in [0.1, 0.15) is 0 Å². The lowest BCUT2D eigenvalue weighted by atomic mass is 9.74. The van der Waals surface area contributed by atoms with Crippen LogP contribution in [0.5, 0.6) is 0 Å². The van der Waals surface area contributed by atoms with E-state index < -0.39 is 0 Å². The average Bonchev–Trinajstić information content (AvgIpc) is 2.82. The highest BCUT2D eigenvalue weighted by molar-refractivity contribution is 5.70. The van der Waals surface area contributed by atoms with Crippen molar-refractivity contribution in [2.75, 3.05) is 19.8 Å². The first-order valence-corrected chi connectivity index (χ1v) is 8.00. The second-order valence-corrected chi connectivity index (χ2v) is 6.12. The van der Waals surface area contributed by atoms with Gasteiger partial charge in [0.05, 0.1) is 31.7 Å². The van der Waals surface area contributed by atoms with E-state index in [9.17, 15) is 14.9 Å². The zero-order valence-corrected chi connectivity index (χ0v) is 12.7. The van der Waals surface area contributed by atoms with Crippen LogP contribution in [0.2, 0.25) is 0 Å². The molecule has 0 radical (unpaired) electrons. The molecule has 0 bridgehead atoms. The molecule has 2 aliphatic rings. The first kappa shape index (κ1) is 16.2. The van der Waals surface area contributed by atoms with Crippen LogP contribution in [0.1, 0.15) is 45.4 Å². The summed E-state index contributed by atoms with van der Waals surface area (Å²) in [5.74, 6) is 0.249. The number of carbonyl (C=O) groups excluding carboxylic acids is 1. The van der Waals surface area contributed by atoms with Gasteiger partial charge in [0.25, 0.3) is 0 Å². The zero-order valence-electron chi connectivity index (χ0n) is 12.7. The number of carbonyl (C=O) groups is 1. The molecule has 3 atom stereocenters. The van der Waals surface area contributed by atoms with Gasteiger partial charge in [-0.3, -0.25) is 14.9 Å². The third-order valence-corrected chi connectivity index (χ3v) is 4.82. The summed E-state index contributed by atoms with van der Waals surface area (Å²) in [6.45, 7) is 2.53. The summed E-state index contributed by atoms with van der Waals surface area (Å²) >= 11 is 0. The lowest BCUT2D eigenvalue weighted by Gasteiger charge is -2.29. The molecule has 21 heavy (non-hydrogen) atoms. The number of hydrogen-bond acceptors (Lipinski definition) is 5. The van der Waals surface area contributed by atoms with Gasteiger partial charge in [-0.2, -0.15) is 0 Å². The van der Waals surface area contributed by atoms with E-state index in [0.717, 1.165) is 12.8 Å². The van der Waals surface area contributed by atoms with Gasteiger partial charge < -0.3 is 9.47 Å². The summed E-state index contributed by atoms with van der Waals surface area (Å²) in [5.41, 5.74) is 0. The van der Waals surface area contributed by atoms with Gasteiger partial charge in [-0.1, -0.05) is 32.1 Å². The van der Waals surface area contributed by atoms with Crippen LogP contribution in [0.15, 0.2) is 0 Å². The molecule has 0 spiro atoms. The Bertz CT molecular complexity index is 367. The Balaban J connectivity index is 2.00. The third-order valence-electron chi connectivity index (χ3n) is 4.82. The van der Waals surface area contributed by atoms with E-state index in [2.05, 4.69) is 0 Å². The second kappa shape index (κ2) is 7.73. The molecule has 0 aromatic carbocycles. The topological polar surface area (TPSA) is 78.7 Å². The minimum absolute atomic E-state index is 0.106. The van der Waals surface area contributed by atoms with Crippen LogP contribution in [0.4, 0.5) is 0 Å². The van der Waals surface area contributed by atoms with Crippen LogP contribution < -0.4 is 0 Å². The minimum atomic E-state index is -0.360. The standard InChI is InChI=1S/C15H25NO5/c1-2-20-15(17)8-14-12(9-16(18)19)13(10-21-14)11-6-4-3-5-7-11/h11-14H,2-10H2,1H3/t12-,13+,14+/m0/s1. The van der Waals surface area contributed by atoms with Gasteiger partial charge in [0.15, 0.2) is 0 Å². The van der Waals surface area contributed by atoms with Crippen LogP contribution in [0, 0.1) is 27.9 Å². The van der Waals surface area contributed by atoms with Gasteiger partial charge in [0.2, 0.25) is 6.54 Å². The van der Waals surface area contributed by atoms with E-state index in [1.807, 2.05) is 0 Å². The first-order chi connectivity index (χ1) is 10.1. The fourth-order valence-electron chi connectivity index (χ4n) is 3.83. The van der Waals surface area contributed by atoms with E-state index in [1.165, 1.54) is 19.3 Å². The fourth-order valence-corrected chi connectivity index (χ4v) is 3.83. The van der Waals surface area contributed by atoms with E-state index in [-0.39, 0.29) is 41.8 Å². The lowest BCUT2D eigenvalue weighted by Crippen LogP contribution is -2.34. The van der Waals surface area contributed by atoms with Gasteiger partial charge >= 0.3 is 5.97 Å². The molecule has 1 saturated heterocycles. The van der Waals surface area contributed by atoms with Crippen molar-refractivity contribution in [1.82, 2.24) is 0 Å². The minimum Gasteiger partial charge on any atom is -0.466 e. The normalized spacial score (nSPS) is 30.2. The average molecular weight is 299 g/mol. The van der Waals surface area contributed by atoms with E-state index in [0.29, 0.717) is 19.1 Å². The molecule has 0 aromatic heterocycles. The highest BCUT2D eigenvalue weighted by Crippen LogP contribution is 2.40. The van der Waals surface area contributed by atoms with E-state index >= 15 is 0 Å². The predicted molar refractivity (Wildman–Crippen MR) is 76.4 cm³/mol. The molecule has 1 saturated carbocycles. The highest BCUT2D eigenvalue weighted by atomic mass is 16.6. The van der Waals surface area contributed by atoms with Crippen molar-refractivity contribution in [3.63, 3.8) is 0 Å². The maximum Gasteiger partial charge on any atom is 0.308 e. The van der Waals surface area contributed by atoms with E-state index in [1.54, 1.807) is 6.92 Å². The molecule has 0 aromatic rings. The largest absolute Gasteiger partial charge is 0.466 e. The summed E-state index contributed by atoms with van der Waals surface area (Å²) in [4.78, 5) is 22.3. The molecule has 0 N–H and O–H groups in total. The first-order valence-electron chi connectivity index (χ1n) is 8.00. The molecule has 6 nitrogen and oxygen atoms in total. The van der Waals surface area contributed by atoms with Crippen molar-refractivity contribution >= 4 is 5.97 Å². The van der Waals surface area contributed by atoms with Crippen molar-refractivity contribution < 1.29 is 19.2 Å². The zero-order chi connectivity index (χ0) is 15.2. The maximum absolute atomic E-state index is 11.6. The van der Waals surface area contributed by atoms with Gasteiger partial charge in [-0.15, -0.1) is 0 Å². The summed E-state index contributed by atoms with van der Waals surface area (Å²) in [7, 11) is 0. The molecule has 1 heterocycles. The van der Waals surface area contributed by atoms with Crippen LogP contribution in [-0.4, -0.2) is 36.8 Å². The summed E-state index contributed by atoms with van der Waals surface area (Å²) in [6, 6.07) is 0. The van der Waals surface area contributed by atoms with Crippen LogP contribution in [-0.2, 0) is 14.3 Å². The van der Waals surface area contributed by atoms with Crippen LogP contribution in [0.25, 0.3) is 0 Å². The van der Waals surface area contributed by atoms with Gasteiger partial charge in [-0.25, -0.2) is 0 Å². The fraction of sp³-hybridized carbons (Fsp3) is 0.933.